The first kappa shape index (κ1) is 59.5. The van der Waals surface area contributed by atoms with Gasteiger partial charge >= 0.3 is 25.9 Å². The van der Waals surface area contributed by atoms with Gasteiger partial charge in [-0.2, -0.15) is 0 Å². The Kier molecular flexibility index (Phi) is 22.2. The fourth-order valence-electron chi connectivity index (χ4n) is 8.52. The van der Waals surface area contributed by atoms with E-state index in [0.717, 1.165) is 47.8 Å². The number of likely N-dealkylation sites (N-methyl/N-ethyl adjacent to an activating group) is 2. The highest BCUT2D eigenvalue weighted by molar-refractivity contribution is 7.46. The van der Waals surface area contributed by atoms with Crippen molar-refractivity contribution in [1.29, 1.82) is 0 Å². The van der Waals surface area contributed by atoms with Crippen LogP contribution >= 0.6 is 19.2 Å². The number of likely N-dealkylation sites (tertiary alicyclic amines) is 1. The van der Waals surface area contributed by atoms with Crippen molar-refractivity contribution < 1.29 is 76.6 Å². The summed E-state index contributed by atoms with van der Waals surface area (Å²) >= 11 is 1.06. The summed E-state index contributed by atoms with van der Waals surface area (Å²) in [6.45, 7) is 11.1. The van der Waals surface area contributed by atoms with Crippen LogP contribution in [0.4, 0.5) is 10.5 Å². The minimum Gasteiger partial charge on any atom is -0.481 e. The third kappa shape index (κ3) is 18.1. The van der Waals surface area contributed by atoms with Crippen LogP contribution in [0, 0.1) is 17.8 Å². The fraction of sp³-hybridized carbons (Fsp3) is 0.583. The topological polar surface area (TPSA) is 318 Å². The molecule has 0 saturated carbocycles. The molecule has 402 valence electrons. The maximum absolute atomic E-state index is 14.3. The molecule has 1 aromatic heterocycles. The van der Waals surface area contributed by atoms with Crippen LogP contribution in [0.1, 0.15) is 126 Å². The van der Waals surface area contributed by atoms with Gasteiger partial charge in [-0.25, -0.2) is 14.3 Å². The summed E-state index contributed by atoms with van der Waals surface area (Å²) in [5.41, 5.74) is 0.300. The van der Waals surface area contributed by atoms with Crippen molar-refractivity contribution in [2.45, 2.75) is 136 Å². The van der Waals surface area contributed by atoms with Crippen LogP contribution < -0.4 is 20.7 Å². The zero-order chi connectivity index (χ0) is 54.3. The fourth-order valence-corrected chi connectivity index (χ4v) is 9.59. The van der Waals surface area contributed by atoms with Crippen molar-refractivity contribution in [2.24, 2.45) is 17.8 Å². The van der Waals surface area contributed by atoms with E-state index in [9.17, 15) is 52.8 Å². The average molecular weight is 1060 g/mol. The maximum atomic E-state index is 14.3. The number of carbonyl (C=O) groups excluding carboxylic acids is 8. The third-order valence-corrected chi connectivity index (χ3v) is 14.1. The number of carbonyl (C=O) groups is 9. The van der Waals surface area contributed by atoms with Gasteiger partial charge in [0, 0.05) is 63.0 Å². The first-order chi connectivity index (χ1) is 34.3. The number of aryl methyl sites for hydroxylation is 1. The van der Waals surface area contributed by atoms with Gasteiger partial charge in [-0.15, -0.1) is 11.3 Å². The van der Waals surface area contributed by atoms with Crippen LogP contribution in [0.5, 0.6) is 5.75 Å². The number of esters is 1. The summed E-state index contributed by atoms with van der Waals surface area (Å²) in [7, 11) is -1.76. The molecule has 2 aliphatic heterocycles. The summed E-state index contributed by atoms with van der Waals surface area (Å²) in [4.78, 5) is 143. The highest BCUT2D eigenvalue weighted by Gasteiger charge is 2.38. The van der Waals surface area contributed by atoms with Gasteiger partial charge in [-0.1, -0.05) is 53.5 Å². The number of hydrogen-bond acceptors (Lipinski definition) is 16. The van der Waals surface area contributed by atoms with E-state index in [0.29, 0.717) is 18.4 Å². The SMILES string of the molecule is CC[C@H](C)[C@H](NC(=O)[C@H]1CCCCN1C)C(=O)N(C)[C@H](C[C@@H](OC(C)=O)c1nc(C(=O)N[C@@H](CCc2ccc(OC(=O)OP(=O)(O)O)c(NC(=O)CCCN3C(=O)C=CC3=O)c2)CC(C)C(=O)O)cs1)C(C)C. The molecule has 0 spiro atoms. The molecule has 23 nitrogen and oxygen atoms in total. The number of hydrogen-bond donors (Lipinski definition) is 6. The molecule has 0 aliphatic carbocycles. The van der Waals surface area contributed by atoms with Gasteiger partial charge in [-0.05, 0) is 81.6 Å². The zero-order valence-electron chi connectivity index (χ0n) is 42.4. The minimum absolute atomic E-state index is 0.0312. The van der Waals surface area contributed by atoms with Gasteiger partial charge in [-0.3, -0.25) is 57.9 Å². The van der Waals surface area contributed by atoms with Gasteiger partial charge in [0.1, 0.15) is 16.7 Å². The summed E-state index contributed by atoms with van der Waals surface area (Å²) in [5.74, 6) is -6.25. The highest BCUT2D eigenvalue weighted by atomic mass is 32.1. The molecule has 0 radical (unpaired) electrons. The van der Waals surface area contributed by atoms with E-state index in [1.807, 2.05) is 39.6 Å². The molecule has 1 unspecified atom stereocenters. The second-order valence-corrected chi connectivity index (χ2v) is 20.8. The molecule has 3 heterocycles. The number of carboxylic acids is 1. The Labute approximate surface area is 428 Å². The number of amides is 6. The third-order valence-electron chi connectivity index (χ3n) is 12.8. The van der Waals surface area contributed by atoms with Crippen molar-refractivity contribution in [3.63, 3.8) is 0 Å². The Morgan fingerprint density at radius 2 is 1.68 bits per heavy atom. The molecule has 73 heavy (non-hydrogen) atoms. The Balaban J connectivity index is 1.52. The first-order valence-electron chi connectivity index (χ1n) is 24.1. The van der Waals surface area contributed by atoms with Crippen LogP contribution in [0.3, 0.4) is 0 Å². The summed E-state index contributed by atoms with van der Waals surface area (Å²) in [6, 6.07) is 1.61. The van der Waals surface area contributed by atoms with Crippen LogP contribution in [0.25, 0.3) is 0 Å². The molecule has 1 aromatic carbocycles. The summed E-state index contributed by atoms with van der Waals surface area (Å²) < 4.78 is 26.0. The number of benzene rings is 1. The normalized spacial score (nSPS) is 17.5. The number of nitrogens with zero attached hydrogens (tertiary/aromatic N) is 4. The van der Waals surface area contributed by atoms with Gasteiger partial charge in [0.25, 0.3) is 17.7 Å². The molecular weight excluding hydrogens is 994 g/mol. The molecule has 4 rings (SSSR count). The van der Waals surface area contributed by atoms with Gasteiger partial charge in [0.2, 0.25) is 17.7 Å². The van der Waals surface area contributed by atoms with Crippen LogP contribution in [-0.4, -0.2) is 139 Å². The summed E-state index contributed by atoms with van der Waals surface area (Å²) in [6.07, 6.45) is 2.85. The molecule has 6 N–H and O–H groups in total. The average Bonchev–Trinajstić information content (AvgIpc) is 3.94. The van der Waals surface area contributed by atoms with Crippen molar-refractivity contribution >= 4 is 78.4 Å². The first-order valence-corrected chi connectivity index (χ1v) is 26.6. The van der Waals surface area contributed by atoms with E-state index in [1.165, 1.54) is 37.4 Å². The van der Waals surface area contributed by atoms with E-state index < -0.39 is 79.7 Å². The molecule has 0 bridgehead atoms. The van der Waals surface area contributed by atoms with E-state index in [4.69, 9.17) is 19.3 Å². The Bertz CT molecular complexity index is 2410. The zero-order valence-corrected chi connectivity index (χ0v) is 44.1. The molecule has 2 aliphatic rings. The monoisotopic (exact) mass is 1060 g/mol. The number of aromatic nitrogens is 1. The van der Waals surface area contributed by atoms with Crippen LogP contribution in [0.2, 0.25) is 0 Å². The molecule has 6 amide bonds. The molecule has 1 saturated heterocycles. The standard InChI is InChI=1S/C48H68N7O16PS/c1-9-28(4)42(52-44(61)35-13-10-11-21-53(35)7)46(62)54(8)36(27(2)3)25-38(69-30(6)56)45-51-34(26-73-45)43(60)49-32(23-29(5)47(63)64)17-15-31-16-18-37(70-48(65)71-72(66,67)68)33(24-31)50-39(57)14-12-22-55-40(58)19-20-41(55)59/h16,18-20,24,26-29,32,35-36,38,42H,9-15,17,21-23,25H2,1-8H3,(H,49,60)(H,50,57)(H,52,61)(H,63,64)(H2,66,67,68)/t28-,29?,32-,35+,36+,38+,42-/m0/s1. The molecule has 1 fully saturated rings. The van der Waals surface area contributed by atoms with E-state index in [1.54, 1.807) is 11.9 Å². The number of anilines is 1. The van der Waals surface area contributed by atoms with E-state index >= 15 is 0 Å². The van der Waals surface area contributed by atoms with Crippen LogP contribution in [-0.2, 0) is 53.8 Å². The second kappa shape index (κ2) is 27.3. The summed E-state index contributed by atoms with van der Waals surface area (Å²) in [5, 5.41) is 20.0. The number of carboxylic acid groups (broad SMARTS) is 1. The number of piperidine rings is 1. The molecule has 25 heteroatoms. The number of ether oxygens (including phenoxy) is 2. The molecular formula is C48H68N7O16PS. The number of imide groups is 1. The second-order valence-electron chi connectivity index (χ2n) is 18.8. The smallest absolute Gasteiger partial charge is 0.481 e. The highest BCUT2D eigenvalue weighted by Crippen LogP contribution is 2.37. The lowest BCUT2D eigenvalue weighted by Crippen LogP contribution is -2.58. The van der Waals surface area contributed by atoms with Crippen molar-refractivity contribution in [1.82, 2.24) is 30.3 Å². The Morgan fingerprint density at radius 3 is 2.29 bits per heavy atom. The lowest BCUT2D eigenvalue weighted by molar-refractivity contribution is -0.149. The number of rotatable bonds is 26. The van der Waals surface area contributed by atoms with Gasteiger partial charge in [0.15, 0.2) is 11.9 Å². The minimum atomic E-state index is -5.31. The Morgan fingerprint density at radius 1 is 1.00 bits per heavy atom. The predicted octanol–water partition coefficient (Wildman–Crippen LogP) is 4.73. The Hall–Kier alpha value is -6.07. The van der Waals surface area contributed by atoms with E-state index in [-0.39, 0.29) is 96.9 Å². The van der Waals surface area contributed by atoms with Gasteiger partial charge < -0.3 is 40.0 Å². The van der Waals surface area contributed by atoms with Crippen molar-refractivity contribution in [3.8, 4) is 5.75 Å². The number of phosphoric ester groups is 1. The molecule has 2 aromatic rings. The van der Waals surface area contributed by atoms with Crippen LogP contribution in [0.15, 0.2) is 35.7 Å². The maximum Gasteiger partial charge on any atom is 0.529 e. The number of phosphoric acid groups is 1. The number of thiazole rings is 1. The lowest BCUT2D eigenvalue weighted by Gasteiger charge is -2.38. The van der Waals surface area contributed by atoms with E-state index in [2.05, 4.69) is 25.5 Å². The predicted molar refractivity (Wildman–Crippen MR) is 265 cm³/mol. The lowest BCUT2D eigenvalue weighted by atomic mass is 9.92. The quantitative estimate of drug-likeness (QED) is 0.0321. The molecule has 7 atom stereocenters. The van der Waals surface area contributed by atoms with Gasteiger partial charge in [0.05, 0.1) is 17.6 Å². The largest absolute Gasteiger partial charge is 0.529 e. The van der Waals surface area contributed by atoms with Crippen molar-refractivity contribution in [3.05, 3.63) is 52.0 Å². The number of nitrogens with one attached hydrogen (secondary N) is 3. The van der Waals surface area contributed by atoms with Crippen molar-refractivity contribution in [2.75, 3.05) is 32.5 Å². The number of aliphatic carboxylic acids is 1.